The van der Waals surface area contributed by atoms with E-state index in [2.05, 4.69) is 35.2 Å². The fourth-order valence-corrected chi connectivity index (χ4v) is 3.20. The summed E-state index contributed by atoms with van der Waals surface area (Å²) in [6.45, 7) is 8.83. The van der Waals surface area contributed by atoms with Gasteiger partial charge in [-0.2, -0.15) is 0 Å². The van der Waals surface area contributed by atoms with Gasteiger partial charge >= 0.3 is 0 Å². The molecule has 0 unspecified atom stereocenters. The summed E-state index contributed by atoms with van der Waals surface area (Å²) in [5.41, 5.74) is 2.84. The van der Waals surface area contributed by atoms with Crippen molar-refractivity contribution in [3.05, 3.63) is 17.5 Å². The van der Waals surface area contributed by atoms with Crippen LogP contribution in [0.4, 0.5) is 5.95 Å². The van der Waals surface area contributed by atoms with Crippen molar-refractivity contribution in [3.8, 4) is 0 Å². The van der Waals surface area contributed by atoms with Crippen LogP contribution in [0.1, 0.15) is 44.4 Å². The third-order valence-corrected chi connectivity index (χ3v) is 4.36. The Morgan fingerprint density at radius 3 is 3.00 bits per heavy atom. The van der Waals surface area contributed by atoms with Crippen molar-refractivity contribution in [3.63, 3.8) is 0 Å². The maximum Gasteiger partial charge on any atom is 0.225 e. The molecule has 0 saturated carbocycles. The van der Waals surface area contributed by atoms with E-state index in [1.165, 1.54) is 30.5 Å². The Balaban J connectivity index is 1.91. The standard InChI is InChI=1S/C15H24N4/c1-15(2)6-3-5-12-11-17-14(18-13(12)15)19-9-4-7-16-8-10-19/h11,16H,3-10H2,1-2H3. The summed E-state index contributed by atoms with van der Waals surface area (Å²) in [6.07, 6.45) is 6.87. The Morgan fingerprint density at radius 1 is 1.21 bits per heavy atom. The maximum atomic E-state index is 4.92. The molecule has 2 heterocycles. The molecule has 104 valence electrons. The molecule has 0 aromatic carbocycles. The molecule has 0 atom stereocenters. The minimum Gasteiger partial charge on any atom is -0.339 e. The largest absolute Gasteiger partial charge is 0.339 e. The van der Waals surface area contributed by atoms with Crippen LogP contribution in [0.5, 0.6) is 0 Å². The van der Waals surface area contributed by atoms with Gasteiger partial charge in [-0.05, 0) is 37.8 Å². The van der Waals surface area contributed by atoms with Gasteiger partial charge in [-0.25, -0.2) is 9.97 Å². The smallest absolute Gasteiger partial charge is 0.225 e. The Morgan fingerprint density at radius 2 is 2.11 bits per heavy atom. The molecule has 1 aliphatic heterocycles. The molecule has 1 fully saturated rings. The Hall–Kier alpha value is -1.16. The zero-order chi connectivity index (χ0) is 13.3. The van der Waals surface area contributed by atoms with E-state index < -0.39 is 0 Å². The minimum absolute atomic E-state index is 0.204. The zero-order valence-electron chi connectivity index (χ0n) is 12.1. The third-order valence-electron chi connectivity index (χ3n) is 4.36. The van der Waals surface area contributed by atoms with Crippen LogP contribution < -0.4 is 10.2 Å². The van der Waals surface area contributed by atoms with Crippen LogP contribution in [0.15, 0.2) is 6.20 Å². The molecule has 1 N–H and O–H groups in total. The van der Waals surface area contributed by atoms with Gasteiger partial charge in [0, 0.05) is 31.2 Å². The molecule has 1 aromatic rings. The van der Waals surface area contributed by atoms with Gasteiger partial charge in [-0.1, -0.05) is 13.8 Å². The summed E-state index contributed by atoms with van der Waals surface area (Å²) >= 11 is 0. The first-order valence-electron chi connectivity index (χ1n) is 7.49. The summed E-state index contributed by atoms with van der Waals surface area (Å²) < 4.78 is 0. The van der Waals surface area contributed by atoms with Gasteiger partial charge in [-0.3, -0.25) is 0 Å². The van der Waals surface area contributed by atoms with Crippen LogP contribution in [-0.4, -0.2) is 36.1 Å². The highest BCUT2D eigenvalue weighted by Gasteiger charge is 2.30. The van der Waals surface area contributed by atoms with Crippen molar-refractivity contribution in [1.29, 1.82) is 0 Å². The molecule has 1 saturated heterocycles. The summed E-state index contributed by atoms with van der Waals surface area (Å²) in [6, 6.07) is 0. The summed E-state index contributed by atoms with van der Waals surface area (Å²) in [5, 5.41) is 3.43. The monoisotopic (exact) mass is 260 g/mol. The molecule has 0 amide bonds. The Bertz CT molecular complexity index is 447. The summed E-state index contributed by atoms with van der Waals surface area (Å²) in [4.78, 5) is 11.9. The first-order valence-corrected chi connectivity index (χ1v) is 7.49. The first-order chi connectivity index (χ1) is 9.17. The second-order valence-electron chi connectivity index (χ2n) is 6.37. The van der Waals surface area contributed by atoms with E-state index in [0.29, 0.717) is 0 Å². The normalized spacial score (nSPS) is 22.7. The fourth-order valence-electron chi connectivity index (χ4n) is 3.20. The average molecular weight is 260 g/mol. The molecule has 0 bridgehead atoms. The van der Waals surface area contributed by atoms with E-state index in [4.69, 9.17) is 4.98 Å². The second kappa shape index (κ2) is 5.08. The maximum absolute atomic E-state index is 4.92. The molecule has 2 aliphatic rings. The topological polar surface area (TPSA) is 41.1 Å². The van der Waals surface area contributed by atoms with Gasteiger partial charge in [0.05, 0.1) is 5.69 Å². The highest BCUT2D eigenvalue weighted by atomic mass is 15.3. The molecule has 0 radical (unpaired) electrons. The number of hydrogen-bond acceptors (Lipinski definition) is 4. The Labute approximate surface area is 115 Å². The van der Waals surface area contributed by atoms with E-state index in [9.17, 15) is 0 Å². The molecule has 1 aliphatic carbocycles. The number of rotatable bonds is 1. The first kappa shape index (κ1) is 12.9. The predicted octanol–water partition coefficient (Wildman–Crippen LogP) is 1.89. The number of hydrogen-bond donors (Lipinski definition) is 1. The lowest BCUT2D eigenvalue weighted by atomic mass is 9.76. The van der Waals surface area contributed by atoms with Gasteiger partial charge in [-0.15, -0.1) is 0 Å². The number of anilines is 1. The molecule has 0 spiro atoms. The molecule has 1 aromatic heterocycles. The van der Waals surface area contributed by atoms with Gasteiger partial charge in [0.1, 0.15) is 0 Å². The summed E-state index contributed by atoms with van der Waals surface area (Å²) in [7, 11) is 0. The van der Waals surface area contributed by atoms with Crippen LogP contribution in [0, 0.1) is 0 Å². The molecule has 3 rings (SSSR count). The average Bonchev–Trinajstić information content (AvgIpc) is 2.67. The minimum atomic E-state index is 0.204. The van der Waals surface area contributed by atoms with E-state index in [0.717, 1.165) is 38.5 Å². The zero-order valence-corrected chi connectivity index (χ0v) is 12.1. The van der Waals surface area contributed by atoms with Crippen LogP contribution in [0.3, 0.4) is 0 Å². The van der Waals surface area contributed by atoms with Crippen molar-refractivity contribution in [2.24, 2.45) is 0 Å². The second-order valence-corrected chi connectivity index (χ2v) is 6.37. The van der Waals surface area contributed by atoms with E-state index >= 15 is 0 Å². The van der Waals surface area contributed by atoms with Crippen molar-refractivity contribution in [2.75, 3.05) is 31.1 Å². The third kappa shape index (κ3) is 2.59. The Kier molecular flexibility index (Phi) is 3.44. The van der Waals surface area contributed by atoms with Crippen LogP contribution in [0.2, 0.25) is 0 Å². The van der Waals surface area contributed by atoms with E-state index in [-0.39, 0.29) is 5.41 Å². The summed E-state index contributed by atoms with van der Waals surface area (Å²) in [5.74, 6) is 0.928. The van der Waals surface area contributed by atoms with Crippen LogP contribution in [0.25, 0.3) is 0 Å². The fraction of sp³-hybridized carbons (Fsp3) is 0.733. The number of fused-ring (bicyclic) bond motifs is 1. The highest BCUT2D eigenvalue weighted by Crippen LogP contribution is 2.35. The number of nitrogens with zero attached hydrogens (tertiary/aromatic N) is 3. The van der Waals surface area contributed by atoms with Crippen molar-refractivity contribution in [2.45, 2.75) is 44.9 Å². The van der Waals surface area contributed by atoms with Gasteiger partial charge in [0.15, 0.2) is 0 Å². The predicted molar refractivity (Wildman–Crippen MR) is 77.7 cm³/mol. The van der Waals surface area contributed by atoms with Crippen LogP contribution in [-0.2, 0) is 11.8 Å². The van der Waals surface area contributed by atoms with E-state index in [1.54, 1.807) is 0 Å². The molecule has 4 nitrogen and oxygen atoms in total. The molecular formula is C15H24N4. The van der Waals surface area contributed by atoms with Gasteiger partial charge < -0.3 is 10.2 Å². The lowest BCUT2D eigenvalue weighted by molar-refractivity contribution is 0.416. The van der Waals surface area contributed by atoms with Crippen molar-refractivity contribution < 1.29 is 0 Å². The quantitative estimate of drug-likeness (QED) is 0.837. The lowest BCUT2D eigenvalue weighted by Crippen LogP contribution is -2.32. The van der Waals surface area contributed by atoms with Crippen molar-refractivity contribution in [1.82, 2.24) is 15.3 Å². The van der Waals surface area contributed by atoms with Crippen LogP contribution >= 0.6 is 0 Å². The molecule has 19 heavy (non-hydrogen) atoms. The van der Waals surface area contributed by atoms with E-state index in [1.807, 2.05) is 0 Å². The lowest BCUT2D eigenvalue weighted by Gasteiger charge is -2.32. The number of aromatic nitrogens is 2. The molecule has 4 heteroatoms. The molecular weight excluding hydrogens is 236 g/mol. The van der Waals surface area contributed by atoms with Crippen molar-refractivity contribution >= 4 is 5.95 Å². The SMILES string of the molecule is CC1(C)CCCc2cnc(N3CCCNCC3)nc21. The van der Waals surface area contributed by atoms with Gasteiger partial charge in [0.25, 0.3) is 0 Å². The number of aryl methyl sites for hydroxylation is 1. The number of nitrogens with one attached hydrogen (secondary N) is 1. The van der Waals surface area contributed by atoms with Gasteiger partial charge in [0.2, 0.25) is 5.95 Å². The highest BCUT2D eigenvalue weighted by molar-refractivity contribution is 5.37.